The monoisotopic (exact) mass is 585 g/mol. The molecule has 0 aliphatic carbocycles. The lowest BCUT2D eigenvalue weighted by atomic mass is 10.0. The molecule has 216 valence electrons. The number of aryl methyl sites for hydroxylation is 2. The summed E-state index contributed by atoms with van der Waals surface area (Å²) in [6, 6.07) is 25.5. The van der Waals surface area contributed by atoms with E-state index in [1.165, 1.54) is 7.11 Å². The van der Waals surface area contributed by atoms with E-state index < -0.39 is 28.8 Å². The molecule has 4 N–H and O–H groups in total. The molecule has 0 spiro atoms. The average Bonchev–Trinajstić information content (AvgIpc) is 3.01. The molecule has 10 heteroatoms. The number of hydrogen-bond acceptors (Lipinski definition) is 5. The van der Waals surface area contributed by atoms with Gasteiger partial charge in [0.1, 0.15) is 16.7 Å². The number of anilines is 2. The topological polar surface area (TPSA) is 134 Å². The van der Waals surface area contributed by atoms with E-state index in [9.17, 15) is 18.6 Å². The summed E-state index contributed by atoms with van der Waals surface area (Å²) < 4.78 is 20.4. The van der Waals surface area contributed by atoms with E-state index in [1.807, 2.05) is 31.2 Å². The fraction of sp³-hybridized carbons (Fsp3) is 0.156. The highest BCUT2D eigenvalue weighted by molar-refractivity contribution is 7.83. The molecule has 0 bridgehead atoms. The minimum Gasteiger partial charge on any atom is -0.497 e. The predicted octanol–water partition coefficient (Wildman–Crippen LogP) is 5.32. The number of carboxylic acid groups (broad SMARTS) is 1. The van der Waals surface area contributed by atoms with Crippen LogP contribution in [0.15, 0.2) is 95.9 Å². The van der Waals surface area contributed by atoms with Crippen LogP contribution in [0.2, 0.25) is 0 Å². The molecule has 2 amide bonds. The SMILES string of the molecule is CCNS(=O)c1cccc(C(=O)Nc2ccc(OC)cc2C(=O)Nc2ccc(CCc3ccc(C(=O)O)cc3)cc2)c1. The standard InChI is InChI=1S/C32H31N3O6S/c1-3-33-42(40)27-6-4-5-24(19-27)30(36)35-29-18-17-26(41-2)20-28(29)31(37)34-25-15-11-22(12-16-25)8-7-21-9-13-23(14-10-21)32(38)39/h4-6,9-20,33H,3,7-8H2,1-2H3,(H,34,37)(H,35,36)(H,38,39). The van der Waals surface area contributed by atoms with E-state index in [-0.39, 0.29) is 11.1 Å². The van der Waals surface area contributed by atoms with Crippen LogP contribution >= 0.6 is 0 Å². The van der Waals surface area contributed by atoms with E-state index >= 15 is 0 Å². The van der Waals surface area contributed by atoms with Crippen molar-refractivity contribution in [2.24, 2.45) is 0 Å². The third kappa shape index (κ3) is 7.90. The number of carbonyl (C=O) groups is 3. The van der Waals surface area contributed by atoms with Crippen molar-refractivity contribution >= 4 is 40.1 Å². The van der Waals surface area contributed by atoms with Crippen LogP contribution in [0.3, 0.4) is 0 Å². The largest absolute Gasteiger partial charge is 0.497 e. The third-order valence-electron chi connectivity index (χ3n) is 6.42. The average molecular weight is 586 g/mol. The van der Waals surface area contributed by atoms with E-state index in [2.05, 4.69) is 15.4 Å². The predicted molar refractivity (Wildman–Crippen MR) is 163 cm³/mol. The molecular formula is C32H31N3O6S. The highest BCUT2D eigenvalue weighted by Crippen LogP contribution is 2.25. The van der Waals surface area contributed by atoms with Crippen molar-refractivity contribution in [3.05, 3.63) is 119 Å². The first kappa shape index (κ1) is 30.2. The van der Waals surface area contributed by atoms with Crippen molar-refractivity contribution in [2.45, 2.75) is 24.7 Å². The van der Waals surface area contributed by atoms with Crippen molar-refractivity contribution in [3.8, 4) is 5.75 Å². The summed E-state index contributed by atoms with van der Waals surface area (Å²) in [7, 11) is 0.0493. The molecule has 0 saturated carbocycles. The maximum absolute atomic E-state index is 13.3. The maximum atomic E-state index is 13.3. The zero-order chi connectivity index (χ0) is 30.1. The Morgan fingerprint density at radius 1 is 0.786 bits per heavy atom. The number of aromatic carboxylic acids is 1. The van der Waals surface area contributed by atoms with Crippen LogP contribution in [0.4, 0.5) is 11.4 Å². The third-order valence-corrected chi connectivity index (χ3v) is 7.65. The van der Waals surface area contributed by atoms with Gasteiger partial charge >= 0.3 is 5.97 Å². The van der Waals surface area contributed by atoms with Crippen molar-refractivity contribution in [1.29, 1.82) is 0 Å². The van der Waals surface area contributed by atoms with Gasteiger partial charge < -0.3 is 20.5 Å². The van der Waals surface area contributed by atoms with Gasteiger partial charge in [-0.1, -0.05) is 37.3 Å². The Hall–Kier alpha value is -4.80. The summed E-state index contributed by atoms with van der Waals surface area (Å²) in [5.74, 6) is -1.39. The zero-order valence-electron chi connectivity index (χ0n) is 23.2. The Morgan fingerprint density at radius 2 is 1.45 bits per heavy atom. The van der Waals surface area contributed by atoms with E-state index in [0.29, 0.717) is 34.1 Å². The van der Waals surface area contributed by atoms with E-state index in [0.717, 1.165) is 24.0 Å². The lowest BCUT2D eigenvalue weighted by Gasteiger charge is -2.14. The molecule has 1 unspecified atom stereocenters. The fourth-order valence-electron chi connectivity index (χ4n) is 4.16. The second kappa shape index (κ2) is 14.2. The quantitative estimate of drug-likeness (QED) is 0.178. The summed E-state index contributed by atoms with van der Waals surface area (Å²) in [4.78, 5) is 37.9. The molecule has 0 aromatic heterocycles. The summed E-state index contributed by atoms with van der Waals surface area (Å²) in [5.41, 5.74) is 3.72. The molecule has 0 saturated heterocycles. The van der Waals surface area contributed by atoms with Crippen LogP contribution in [-0.4, -0.2) is 40.8 Å². The lowest BCUT2D eigenvalue weighted by molar-refractivity contribution is 0.0696. The molecule has 0 radical (unpaired) electrons. The van der Waals surface area contributed by atoms with Gasteiger partial charge in [-0.25, -0.2) is 13.7 Å². The molecule has 0 aliphatic rings. The summed E-state index contributed by atoms with van der Waals surface area (Å²) >= 11 is 0. The van der Waals surface area contributed by atoms with Crippen LogP contribution in [0.25, 0.3) is 0 Å². The van der Waals surface area contributed by atoms with Crippen molar-refractivity contribution in [1.82, 2.24) is 4.72 Å². The minimum atomic E-state index is -1.44. The Balaban J connectivity index is 1.44. The van der Waals surface area contributed by atoms with Gasteiger partial charge in [-0.3, -0.25) is 9.59 Å². The normalized spacial score (nSPS) is 11.4. The number of benzene rings is 4. The maximum Gasteiger partial charge on any atom is 0.335 e. The summed E-state index contributed by atoms with van der Waals surface area (Å²) in [5, 5.41) is 14.7. The molecule has 4 aromatic rings. The zero-order valence-corrected chi connectivity index (χ0v) is 24.0. The molecule has 0 fully saturated rings. The van der Waals surface area contributed by atoms with Gasteiger partial charge in [0.05, 0.1) is 28.8 Å². The van der Waals surface area contributed by atoms with Gasteiger partial charge in [-0.2, -0.15) is 0 Å². The Kier molecular flexibility index (Phi) is 10.2. The fourth-order valence-corrected chi connectivity index (χ4v) is 5.03. The number of carboxylic acids is 1. The molecule has 9 nitrogen and oxygen atoms in total. The first-order valence-electron chi connectivity index (χ1n) is 13.2. The lowest BCUT2D eigenvalue weighted by Crippen LogP contribution is -2.19. The van der Waals surface area contributed by atoms with E-state index in [4.69, 9.17) is 9.84 Å². The Morgan fingerprint density at radius 3 is 2.07 bits per heavy atom. The Labute approximate surface area is 246 Å². The first-order chi connectivity index (χ1) is 20.3. The van der Waals surface area contributed by atoms with Crippen LogP contribution in [0.5, 0.6) is 5.75 Å². The molecule has 42 heavy (non-hydrogen) atoms. The summed E-state index contributed by atoms with van der Waals surface area (Å²) in [6.07, 6.45) is 1.49. The first-order valence-corrected chi connectivity index (χ1v) is 14.4. The number of amides is 2. The van der Waals surface area contributed by atoms with Gasteiger partial charge in [0.2, 0.25) is 0 Å². The smallest absolute Gasteiger partial charge is 0.335 e. The van der Waals surface area contributed by atoms with Gasteiger partial charge in [-0.15, -0.1) is 0 Å². The van der Waals surface area contributed by atoms with Gasteiger partial charge in [0, 0.05) is 17.8 Å². The van der Waals surface area contributed by atoms with Gasteiger partial charge in [0.15, 0.2) is 0 Å². The molecule has 4 aromatic carbocycles. The second-order valence-electron chi connectivity index (χ2n) is 9.31. The number of hydrogen-bond donors (Lipinski definition) is 4. The molecular weight excluding hydrogens is 554 g/mol. The highest BCUT2D eigenvalue weighted by atomic mass is 32.2. The minimum absolute atomic E-state index is 0.212. The van der Waals surface area contributed by atoms with Gasteiger partial charge in [0.25, 0.3) is 11.8 Å². The van der Waals surface area contributed by atoms with E-state index in [1.54, 1.807) is 66.7 Å². The number of ether oxygens (including phenoxy) is 1. The molecule has 1 atom stereocenters. The van der Waals surface area contributed by atoms with Crippen LogP contribution in [0.1, 0.15) is 49.1 Å². The molecule has 0 aliphatic heterocycles. The van der Waals surface area contributed by atoms with Crippen LogP contribution < -0.4 is 20.1 Å². The van der Waals surface area contributed by atoms with Crippen molar-refractivity contribution in [3.63, 3.8) is 0 Å². The number of nitrogens with one attached hydrogen (secondary N) is 3. The van der Waals surface area contributed by atoms with Crippen LogP contribution in [0, 0.1) is 0 Å². The summed E-state index contributed by atoms with van der Waals surface area (Å²) in [6.45, 7) is 2.35. The number of carbonyl (C=O) groups excluding carboxylic acids is 2. The van der Waals surface area contributed by atoms with Crippen molar-refractivity contribution in [2.75, 3.05) is 24.3 Å². The number of rotatable bonds is 12. The van der Waals surface area contributed by atoms with Gasteiger partial charge in [-0.05, 0) is 84.6 Å². The highest BCUT2D eigenvalue weighted by Gasteiger charge is 2.17. The Bertz CT molecular complexity index is 1600. The number of methoxy groups -OCH3 is 1. The molecule has 0 heterocycles. The second-order valence-corrected chi connectivity index (χ2v) is 10.6. The van der Waals surface area contributed by atoms with Crippen LogP contribution in [-0.2, 0) is 23.8 Å². The molecule has 4 rings (SSSR count). The van der Waals surface area contributed by atoms with Crippen molar-refractivity contribution < 1.29 is 28.4 Å².